The van der Waals surface area contributed by atoms with E-state index in [-0.39, 0.29) is 6.54 Å². The molecule has 0 aromatic carbocycles. The van der Waals surface area contributed by atoms with Gasteiger partial charge in [0, 0.05) is 31.8 Å². The fraction of sp³-hybridized carbons (Fsp3) is 0.455. The SMILES string of the molecule is CC(=O)N(CCc1cnc[nH]1)C(=O)C[C@H](N)C(=O)O. The maximum absolute atomic E-state index is 11.8. The Kier molecular flexibility index (Phi) is 5.19. The minimum atomic E-state index is -1.30. The first-order valence-electron chi connectivity index (χ1n) is 5.68. The Hall–Kier alpha value is -2.22. The van der Waals surface area contributed by atoms with Crippen LogP contribution in [0, 0.1) is 0 Å². The van der Waals surface area contributed by atoms with E-state index in [4.69, 9.17) is 10.8 Å². The molecule has 0 unspecified atom stereocenters. The van der Waals surface area contributed by atoms with Crippen LogP contribution in [-0.4, -0.2) is 50.3 Å². The molecule has 0 saturated carbocycles. The van der Waals surface area contributed by atoms with Crippen molar-refractivity contribution in [2.75, 3.05) is 6.54 Å². The van der Waals surface area contributed by atoms with Gasteiger partial charge in [-0.15, -0.1) is 0 Å². The second kappa shape index (κ2) is 6.64. The molecular formula is C11H16N4O4. The Bertz CT molecular complexity index is 457. The van der Waals surface area contributed by atoms with E-state index in [2.05, 4.69) is 9.97 Å². The third kappa shape index (κ3) is 4.51. The summed E-state index contributed by atoms with van der Waals surface area (Å²) in [6.45, 7) is 1.40. The first-order valence-corrected chi connectivity index (χ1v) is 5.68. The first-order chi connectivity index (χ1) is 8.91. The van der Waals surface area contributed by atoms with Gasteiger partial charge in [-0.2, -0.15) is 0 Å². The quantitative estimate of drug-likeness (QED) is 0.615. The van der Waals surface area contributed by atoms with Gasteiger partial charge in [-0.05, 0) is 0 Å². The lowest BCUT2D eigenvalue weighted by Gasteiger charge is -2.19. The summed E-state index contributed by atoms with van der Waals surface area (Å²) in [7, 11) is 0. The molecule has 0 aliphatic rings. The topological polar surface area (TPSA) is 129 Å². The predicted molar refractivity (Wildman–Crippen MR) is 64.9 cm³/mol. The fourth-order valence-corrected chi connectivity index (χ4v) is 1.50. The zero-order valence-electron chi connectivity index (χ0n) is 10.5. The van der Waals surface area contributed by atoms with Crippen molar-refractivity contribution in [3.8, 4) is 0 Å². The molecule has 2 amide bonds. The largest absolute Gasteiger partial charge is 0.480 e. The molecule has 1 atom stereocenters. The van der Waals surface area contributed by atoms with Gasteiger partial charge >= 0.3 is 5.97 Å². The number of amides is 2. The van der Waals surface area contributed by atoms with Crippen molar-refractivity contribution >= 4 is 17.8 Å². The number of aliphatic carboxylic acids is 1. The van der Waals surface area contributed by atoms with Crippen molar-refractivity contribution in [1.82, 2.24) is 14.9 Å². The van der Waals surface area contributed by atoms with E-state index in [1.807, 2.05) is 0 Å². The van der Waals surface area contributed by atoms with Crippen molar-refractivity contribution < 1.29 is 19.5 Å². The molecule has 0 aliphatic heterocycles. The average Bonchev–Trinajstić information content (AvgIpc) is 2.81. The second-order valence-corrected chi connectivity index (χ2v) is 4.04. The Morgan fingerprint density at radius 1 is 1.53 bits per heavy atom. The van der Waals surface area contributed by atoms with Crippen molar-refractivity contribution in [3.63, 3.8) is 0 Å². The zero-order chi connectivity index (χ0) is 14.4. The van der Waals surface area contributed by atoms with E-state index in [1.165, 1.54) is 13.3 Å². The lowest BCUT2D eigenvalue weighted by molar-refractivity contribution is -0.147. The molecule has 0 bridgehead atoms. The number of nitrogens with zero attached hydrogens (tertiary/aromatic N) is 2. The molecule has 8 heteroatoms. The average molecular weight is 268 g/mol. The van der Waals surface area contributed by atoms with Crippen LogP contribution in [0.4, 0.5) is 0 Å². The van der Waals surface area contributed by atoms with Crippen LogP contribution in [0.2, 0.25) is 0 Å². The monoisotopic (exact) mass is 268 g/mol. The van der Waals surface area contributed by atoms with Crippen LogP contribution >= 0.6 is 0 Å². The number of imide groups is 1. The molecule has 8 nitrogen and oxygen atoms in total. The highest BCUT2D eigenvalue weighted by molar-refractivity contribution is 5.96. The van der Waals surface area contributed by atoms with Crippen molar-refractivity contribution in [1.29, 1.82) is 0 Å². The lowest BCUT2D eigenvalue weighted by Crippen LogP contribution is -2.42. The minimum Gasteiger partial charge on any atom is -0.480 e. The molecular weight excluding hydrogens is 252 g/mol. The summed E-state index contributed by atoms with van der Waals surface area (Å²) >= 11 is 0. The number of carbonyl (C=O) groups is 3. The highest BCUT2D eigenvalue weighted by Crippen LogP contribution is 2.02. The number of hydrogen-bond donors (Lipinski definition) is 3. The molecule has 0 aliphatic carbocycles. The molecule has 0 radical (unpaired) electrons. The van der Waals surface area contributed by atoms with Gasteiger partial charge in [-0.1, -0.05) is 0 Å². The Morgan fingerprint density at radius 3 is 2.68 bits per heavy atom. The molecule has 1 aromatic heterocycles. The van der Waals surface area contributed by atoms with Gasteiger partial charge in [0.2, 0.25) is 11.8 Å². The van der Waals surface area contributed by atoms with E-state index in [9.17, 15) is 14.4 Å². The van der Waals surface area contributed by atoms with Gasteiger partial charge in [0.1, 0.15) is 6.04 Å². The number of nitrogens with one attached hydrogen (secondary N) is 1. The van der Waals surface area contributed by atoms with Gasteiger partial charge < -0.3 is 15.8 Å². The van der Waals surface area contributed by atoms with E-state index < -0.39 is 30.2 Å². The highest BCUT2D eigenvalue weighted by atomic mass is 16.4. The summed E-state index contributed by atoms with van der Waals surface area (Å²) in [6.07, 6.45) is 3.10. The summed E-state index contributed by atoms with van der Waals surface area (Å²) in [4.78, 5) is 41.4. The molecule has 104 valence electrons. The molecule has 4 N–H and O–H groups in total. The van der Waals surface area contributed by atoms with E-state index in [0.29, 0.717) is 6.42 Å². The third-order valence-corrected chi connectivity index (χ3v) is 2.55. The number of carboxylic acids is 1. The summed E-state index contributed by atoms with van der Waals surface area (Å²) in [5.41, 5.74) is 6.05. The van der Waals surface area contributed by atoms with Crippen molar-refractivity contribution in [3.05, 3.63) is 18.2 Å². The highest BCUT2D eigenvalue weighted by Gasteiger charge is 2.23. The van der Waals surface area contributed by atoms with Crippen LogP contribution in [-0.2, 0) is 20.8 Å². The standard InChI is InChI=1S/C11H16N4O4/c1-7(16)15(3-2-8-5-13-6-14-8)10(17)4-9(12)11(18)19/h5-6,9H,2-4,12H2,1H3,(H,13,14)(H,18,19)/t9-/m0/s1. The number of rotatable bonds is 6. The van der Waals surface area contributed by atoms with E-state index in [1.54, 1.807) is 6.20 Å². The number of hydrogen-bond acceptors (Lipinski definition) is 5. The fourth-order valence-electron chi connectivity index (χ4n) is 1.50. The van der Waals surface area contributed by atoms with Gasteiger partial charge in [-0.25, -0.2) is 4.98 Å². The van der Waals surface area contributed by atoms with Crippen molar-refractivity contribution in [2.24, 2.45) is 5.73 Å². The number of carboxylic acid groups (broad SMARTS) is 1. The number of H-pyrrole nitrogens is 1. The molecule has 19 heavy (non-hydrogen) atoms. The molecule has 0 saturated heterocycles. The van der Waals surface area contributed by atoms with E-state index in [0.717, 1.165) is 10.6 Å². The molecule has 0 spiro atoms. The maximum Gasteiger partial charge on any atom is 0.321 e. The zero-order valence-corrected chi connectivity index (χ0v) is 10.5. The smallest absolute Gasteiger partial charge is 0.321 e. The molecule has 1 rings (SSSR count). The first kappa shape index (κ1) is 14.8. The number of nitrogens with two attached hydrogens (primary N) is 1. The van der Waals surface area contributed by atoms with Gasteiger partial charge in [0.15, 0.2) is 0 Å². The van der Waals surface area contributed by atoms with Crippen LogP contribution in [0.1, 0.15) is 19.0 Å². The summed E-state index contributed by atoms with van der Waals surface area (Å²) < 4.78 is 0. The number of aromatic nitrogens is 2. The number of aromatic amines is 1. The molecule has 1 aromatic rings. The lowest BCUT2D eigenvalue weighted by atomic mass is 10.2. The summed E-state index contributed by atoms with van der Waals surface area (Å²) in [5, 5.41) is 8.64. The normalized spacial score (nSPS) is 11.9. The van der Waals surface area contributed by atoms with Gasteiger partial charge in [0.25, 0.3) is 0 Å². The maximum atomic E-state index is 11.8. The second-order valence-electron chi connectivity index (χ2n) is 4.04. The Labute approximate surface area is 109 Å². The van der Waals surface area contributed by atoms with Crippen LogP contribution in [0.15, 0.2) is 12.5 Å². The van der Waals surface area contributed by atoms with E-state index >= 15 is 0 Å². The molecule has 0 fully saturated rings. The number of carbonyl (C=O) groups excluding carboxylic acids is 2. The van der Waals surface area contributed by atoms with Crippen LogP contribution in [0.25, 0.3) is 0 Å². The molecule has 1 heterocycles. The van der Waals surface area contributed by atoms with Crippen molar-refractivity contribution in [2.45, 2.75) is 25.8 Å². The van der Waals surface area contributed by atoms with Crippen LogP contribution in [0.3, 0.4) is 0 Å². The summed E-state index contributed by atoms with van der Waals surface area (Å²) in [6, 6.07) is -1.30. The van der Waals surface area contributed by atoms with Crippen LogP contribution < -0.4 is 5.73 Å². The Balaban J connectivity index is 2.59. The van der Waals surface area contributed by atoms with Gasteiger partial charge in [-0.3, -0.25) is 19.3 Å². The third-order valence-electron chi connectivity index (χ3n) is 2.55. The number of imidazole rings is 1. The predicted octanol–water partition coefficient (Wildman–Crippen LogP) is -0.871. The Morgan fingerprint density at radius 2 is 2.21 bits per heavy atom. The van der Waals surface area contributed by atoms with Crippen LogP contribution in [0.5, 0.6) is 0 Å². The summed E-state index contributed by atoms with van der Waals surface area (Å²) in [5.74, 6) is -2.31. The van der Waals surface area contributed by atoms with Gasteiger partial charge in [0.05, 0.1) is 12.7 Å². The minimum absolute atomic E-state index is 0.155.